The molecular formula is C18H32IN3OS. The molecule has 0 heterocycles. The Morgan fingerprint density at radius 3 is 2.29 bits per heavy atom. The highest BCUT2D eigenvalue weighted by Gasteiger charge is 2.18. The molecule has 0 aromatic heterocycles. The van der Waals surface area contributed by atoms with Gasteiger partial charge in [0.05, 0.1) is 0 Å². The van der Waals surface area contributed by atoms with Crippen molar-refractivity contribution in [2.45, 2.75) is 45.3 Å². The summed E-state index contributed by atoms with van der Waals surface area (Å²) in [6.45, 7) is 11.8. The monoisotopic (exact) mass is 465 g/mol. The van der Waals surface area contributed by atoms with Gasteiger partial charge in [-0.25, -0.2) is 0 Å². The van der Waals surface area contributed by atoms with Gasteiger partial charge in [-0.3, -0.25) is 9.20 Å². The summed E-state index contributed by atoms with van der Waals surface area (Å²) in [5.41, 5.74) is 2.59. The van der Waals surface area contributed by atoms with Crippen molar-refractivity contribution in [3.8, 4) is 0 Å². The van der Waals surface area contributed by atoms with Gasteiger partial charge in [-0.2, -0.15) is 0 Å². The van der Waals surface area contributed by atoms with E-state index in [-0.39, 0.29) is 28.7 Å². The second-order valence-corrected chi connectivity index (χ2v) is 9.18. The predicted octanol–water partition coefficient (Wildman–Crippen LogP) is 3.43. The zero-order valence-electron chi connectivity index (χ0n) is 15.7. The largest absolute Gasteiger partial charge is 0.356 e. The first-order valence-electron chi connectivity index (χ1n) is 8.13. The molecule has 2 unspecified atom stereocenters. The Balaban J connectivity index is 0.00000529. The average molecular weight is 465 g/mol. The smallest absolute Gasteiger partial charge is 0.191 e. The van der Waals surface area contributed by atoms with E-state index >= 15 is 0 Å². The van der Waals surface area contributed by atoms with Gasteiger partial charge in [-0.1, -0.05) is 36.8 Å². The summed E-state index contributed by atoms with van der Waals surface area (Å²) in [6, 6.07) is 8.62. The van der Waals surface area contributed by atoms with Crippen molar-refractivity contribution in [1.29, 1.82) is 0 Å². The molecule has 0 saturated carbocycles. The summed E-state index contributed by atoms with van der Waals surface area (Å²) in [6.07, 6.45) is 0. The zero-order chi connectivity index (χ0) is 17.5. The fourth-order valence-electron chi connectivity index (χ4n) is 2.05. The lowest BCUT2D eigenvalue weighted by atomic mass is 10.0. The highest BCUT2D eigenvalue weighted by atomic mass is 127. The molecule has 0 bridgehead atoms. The summed E-state index contributed by atoms with van der Waals surface area (Å²) in [7, 11) is 0.911. The van der Waals surface area contributed by atoms with Gasteiger partial charge in [0.2, 0.25) is 0 Å². The van der Waals surface area contributed by atoms with Crippen LogP contribution in [0.15, 0.2) is 29.3 Å². The molecule has 0 saturated heterocycles. The Labute approximate surface area is 166 Å². The molecule has 1 aromatic carbocycles. The van der Waals surface area contributed by atoms with Crippen molar-refractivity contribution in [1.82, 2.24) is 10.6 Å². The van der Waals surface area contributed by atoms with Crippen molar-refractivity contribution in [2.24, 2.45) is 4.99 Å². The molecule has 1 rings (SSSR count). The lowest BCUT2D eigenvalue weighted by molar-refractivity contribution is 0.646. The topological polar surface area (TPSA) is 53.5 Å². The number of hydrogen-bond donors (Lipinski definition) is 2. The van der Waals surface area contributed by atoms with E-state index in [1.54, 1.807) is 7.05 Å². The van der Waals surface area contributed by atoms with Crippen LogP contribution < -0.4 is 10.6 Å². The second kappa shape index (κ2) is 11.1. The van der Waals surface area contributed by atoms with Crippen molar-refractivity contribution < 1.29 is 4.21 Å². The number of benzene rings is 1. The molecule has 24 heavy (non-hydrogen) atoms. The Bertz CT molecular complexity index is 538. The Kier molecular flexibility index (Phi) is 10.8. The molecule has 0 aliphatic rings. The van der Waals surface area contributed by atoms with Crippen LogP contribution in [0.4, 0.5) is 0 Å². The number of halogens is 1. The van der Waals surface area contributed by atoms with Gasteiger partial charge >= 0.3 is 0 Å². The van der Waals surface area contributed by atoms with Gasteiger partial charge in [-0.05, 0) is 39.2 Å². The van der Waals surface area contributed by atoms with Gasteiger partial charge in [0.15, 0.2) is 5.96 Å². The number of hydrogen-bond acceptors (Lipinski definition) is 2. The first-order chi connectivity index (χ1) is 10.7. The SMILES string of the molecule is CN=C(NCCS(=O)C(C)(C)C)NCC(C)c1ccc(C)cc1.I. The van der Waals surface area contributed by atoms with Crippen molar-refractivity contribution in [2.75, 3.05) is 25.9 Å². The molecule has 0 spiro atoms. The van der Waals surface area contributed by atoms with E-state index in [2.05, 4.69) is 53.7 Å². The van der Waals surface area contributed by atoms with Crippen LogP contribution in [-0.4, -0.2) is 40.8 Å². The minimum atomic E-state index is -0.846. The quantitative estimate of drug-likeness (QED) is 0.385. The Hall–Kier alpha value is -0.630. The zero-order valence-corrected chi connectivity index (χ0v) is 18.8. The van der Waals surface area contributed by atoms with E-state index in [0.717, 1.165) is 12.5 Å². The van der Waals surface area contributed by atoms with Gasteiger partial charge in [0, 0.05) is 41.4 Å². The molecule has 1 aromatic rings. The normalized spacial score (nSPS) is 14.5. The lowest BCUT2D eigenvalue weighted by Crippen LogP contribution is -2.41. The first-order valence-corrected chi connectivity index (χ1v) is 9.45. The van der Waals surface area contributed by atoms with Gasteiger partial charge in [0.25, 0.3) is 0 Å². The number of guanidine groups is 1. The van der Waals surface area contributed by atoms with E-state index in [1.165, 1.54) is 11.1 Å². The van der Waals surface area contributed by atoms with E-state index in [4.69, 9.17) is 0 Å². The van der Waals surface area contributed by atoms with E-state index in [0.29, 0.717) is 18.2 Å². The minimum Gasteiger partial charge on any atom is -0.356 e. The third-order valence-corrected chi connectivity index (χ3v) is 5.65. The van der Waals surface area contributed by atoms with E-state index < -0.39 is 10.8 Å². The van der Waals surface area contributed by atoms with Crippen molar-refractivity contribution in [3.05, 3.63) is 35.4 Å². The molecule has 0 fully saturated rings. The van der Waals surface area contributed by atoms with Crippen molar-refractivity contribution >= 4 is 40.7 Å². The summed E-state index contributed by atoms with van der Waals surface area (Å²) in [4.78, 5) is 4.22. The van der Waals surface area contributed by atoms with E-state index in [9.17, 15) is 4.21 Å². The second-order valence-electron chi connectivity index (χ2n) is 6.85. The maximum atomic E-state index is 12.0. The van der Waals surface area contributed by atoms with E-state index in [1.807, 2.05) is 20.8 Å². The maximum absolute atomic E-state index is 12.0. The van der Waals surface area contributed by atoms with Crippen LogP contribution in [-0.2, 0) is 10.8 Å². The highest BCUT2D eigenvalue weighted by molar-refractivity contribution is 14.0. The molecule has 2 atom stereocenters. The Morgan fingerprint density at radius 2 is 1.79 bits per heavy atom. The van der Waals surface area contributed by atoms with Crippen LogP contribution >= 0.6 is 24.0 Å². The predicted molar refractivity (Wildman–Crippen MR) is 117 cm³/mol. The number of nitrogens with one attached hydrogen (secondary N) is 2. The highest BCUT2D eigenvalue weighted by Crippen LogP contribution is 2.14. The molecule has 2 N–H and O–H groups in total. The summed E-state index contributed by atoms with van der Waals surface area (Å²) in [5.74, 6) is 1.78. The van der Waals surface area contributed by atoms with Crippen molar-refractivity contribution in [3.63, 3.8) is 0 Å². The third kappa shape index (κ3) is 8.46. The van der Waals surface area contributed by atoms with Crippen LogP contribution in [0.25, 0.3) is 0 Å². The van der Waals surface area contributed by atoms with Crippen LogP contribution in [0.1, 0.15) is 44.7 Å². The van der Waals surface area contributed by atoms with Crippen LogP contribution in [0.3, 0.4) is 0 Å². The molecule has 0 aliphatic carbocycles. The molecular weight excluding hydrogens is 433 g/mol. The Morgan fingerprint density at radius 1 is 1.21 bits per heavy atom. The fraction of sp³-hybridized carbons (Fsp3) is 0.611. The molecule has 6 heteroatoms. The van der Waals surface area contributed by atoms with Crippen LogP contribution in [0.2, 0.25) is 0 Å². The summed E-state index contributed by atoms with van der Waals surface area (Å²) < 4.78 is 11.9. The van der Waals surface area contributed by atoms with Crippen LogP contribution in [0.5, 0.6) is 0 Å². The average Bonchev–Trinajstić information content (AvgIpc) is 2.49. The molecule has 0 amide bonds. The molecule has 4 nitrogen and oxygen atoms in total. The van der Waals surface area contributed by atoms with Gasteiger partial charge < -0.3 is 10.6 Å². The number of rotatable bonds is 6. The minimum absolute atomic E-state index is 0. The molecule has 0 radical (unpaired) electrons. The standard InChI is InChI=1S/C18H31N3OS.HI/c1-14-7-9-16(10-8-14)15(2)13-21-17(19-6)20-11-12-23(22)18(3,4)5;/h7-10,15H,11-13H2,1-6H3,(H2,19,20,21);1H. The summed E-state index contributed by atoms with van der Waals surface area (Å²) in [5, 5.41) is 6.57. The first kappa shape index (κ1) is 23.4. The van der Waals surface area contributed by atoms with Gasteiger partial charge in [0.1, 0.15) is 0 Å². The van der Waals surface area contributed by atoms with Crippen LogP contribution in [0, 0.1) is 6.92 Å². The maximum Gasteiger partial charge on any atom is 0.191 e. The fourth-order valence-corrected chi connectivity index (χ4v) is 2.95. The summed E-state index contributed by atoms with van der Waals surface area (Å²) >= 11 is 0. The molecule has 138 valence electrons. The number of nitrogens with zero attached hydrogens (tertiary/aromatic N) is 1. The van der Waals surface area contributed by atoms with Gasteiger partial charge in [-0.15, -0.1) is 24.0 Å². The number of aliphatic imine (C=N–C) groups is 1. The number of aryl methyl sites for hydroxylation is 1. The third-order valence-electron chi connectivity index (χ3n) is 3.71. The molecule has 0 aliphatic heterocycles. The lowest BCUT2D eigenvalue weighted by Gasteiger charge is -2.19.